The molecule has 0 bridgehead atoms. The molecule has 31 heavy (non-hydrogen) atoms. The average molecular weight is 450 g/mol. The number of carbonyl (C=O) groups is 1. The van der Waals surface area contributed by atoms with E-state index in [-0.39, 0.29) is 12.2 Å². The minimum atomic E-state index is -3.75. The fourth-order valence-corrected chi connectivity index (χ4v) is 4.76. The zero-order valence-corrected chi connectivity index (χ0v) is 18.6. The number of rotatable bonds is 8. The van der Waals surface area contributed by atoms with Gasteiger partial charge in [0.2, 0.25) is 15.9 Å². The molecular weight excluding hydrogens is 421 g/mol. The summed E-state index contributed by atoms with van der Waals surface area (Å²) in [7, 11) is -3.75. The van der Waals surface area contributed by atoms with Gasteiger partial charge in [-0.15, -0.1) is 0 Å². The van der Waals surface area contributed by atoms with Crippen molar-refractivity contribution in [3.63, 3.8) is 0 Å². The van der Waals surface area contributed by atoms with Crippen molar-refractivity contribution in [2.75, 3.05) is 36.9 Å². The van der Waals surface area contributed by atoms with E-state index >= 15 is 0 Å². The van der Waals surface area contributed by atoms with Gasteiger partial charge in [-0.25, -0.2) is 12.8 Å². The molecule has 2 aromatic rings. The summed E-state index contributed by atoms with van der Waals surface area (Å²) in [5.74, 6) is -0.917. The highest BCUT2D eigenvalue weighted by atomic mass is 32.2. The van der Waals surface area contributed by atoms with Gasteiger partial charge >= 0.3 is 0 Å². The van der Waals surface area contributed by atoms with Crippen LogP contribution in [0.4, 0.5) is 10.1 Å². The van der Waals surface area contributed by atoms with Gasteiger partial charge < -0.3 is 10.1 Å². The summed E-state index contributed by atoms with van der Waals surface area (Å²) in [5, 5.41) is 2.81. The summed E-state index contributed by atoms with van der Waals surface area (Å²) in [4.78, 5) is 15.0. The largest absolute Gasteiger partial charge is 0.379 e. The van der Waals surface area contributed by atoms with Crippen molar-refractivity contribution in [3.8, 4) is 0 Å². The molecule has 0 aliphatic carbocycles. The summed E-state index contributed by atoms with van der Waals surface area (Å²) in [6.45, 7) is 5.85. The number of ether oxygens (including phenoxy) is 1. The van der Waals surface area contributed by atoms with Crippen molar-refractivity contribution in [2.45, 2.75) is 26.1 Å². The van der Waals surface area contributed by atoms with Crippen LogP contribution in [0, 0.1) is 5.82 Å². The lowest BCUT2D eigenvalue weighted by Crippen LogP contribution is -2.47. The summed E-state index contributed by atoms with van der Waals surface area (Å²) in [6, 6.07) is 12.0. The Hall–Kier alpha value is -2.49. The standard InChI is InChI=1S/C22H28FN3O4S/c1-17(26(31(2,28)29)21-8-6-20(23)7-9-21)22(27)24-15-18-4-3-5-19(14-18)16-25-10-12-30-13-11-25/h3-9,14,17H,10-13,15-16H2,1-2H3,(H,24,27). The van der Waals surface area contributed by atoms with Crippen molar-refractivity contribution in [1.29, 1.82) is 0 Å². The molecule has 7 nitrogen and oxygen atoms in total. The van der Waals surface area contributed by atoms with Crippen LogP contribution in [0.5, 0.6) is 0 Å². The highest BCUT2D eigenvalue weighted by Gasteiger charge is 2.29. The third kappa shape index (κ3) is 6.49. The first-order chi connectivity index (χ1) is 14.7. The minimum Gasteiger partial charge on any atom is -0.379 e. The molecule has 0 saturated carbocycles. The van der Waals surface area contributed by atoms with Crippen LogP contribution >= 0.6 is 0 Å². The van der Waals surface area contributed by atoms with Crippen molar-refractivity contribution in [1.82, 2.24) is 10.2 Å². The molecule has 1 fully saturated rings. The molecule has 1 amide bonds. The molecule has 0 aromatic heterocycles. The number of hydrogen-bond donors (Lipinski definition) is 1. The van der Waals surface area contributed by atoms with Crippen LogP contribution in [0.3, 0.4) is 0 Å². The van der Waals surface area contributed by atoms with Crippen LogP contribution in [-0.2, 0) is 32.6 Å². The second kappa shape index (κ2) is 10.2. The van der Waals surface area contributed by atoms with E-state index in [0.717, 1.165) is 66.7 Å². The average Bonchev–Trinajstić information content (AvgIpc) is 2.73. The normalized spacial score (nSPS) is 16.0. The molecule has 1 heterocycles. The van der Waals surface area contributed by atoms with Gasteiger partial charge in [0.25, 0.3) is 0 Å². The van der Waals surface area contributed by atoms with Crippen molar-refractivity contribution < 1.29 is 22.3 Å². The van der Waals surface area contributed by atoms with E-state index in [2.05, 4.69) is 10.2 Å². The Kier molecular flexibility index (Phi) is 7.64. The lowest BCUT2D eigenvalue weighted by atomic mass is 10.1. The summed E-state index contributed by atoms with van der Waals surface area (Å²) in [5.41, 5.74) is 2.31. The predicted octanol–water partition coefficient (Wildman–Crippen LogP) is 2.13. The zero-order valence-electron chi connectivity index (χ0n) is 17.8. The summed E-state index contributed by atoms with van der Waals surface area (Å²) < 4.78 is 44.2. The molecule has 1 aliphatic rings. The van der Waals surface area contributed by atoms with E-state index in [1.807, 2.05) is 24.3 Å². The van der Waals surface area contributed by atoms with Gasteiger partial charge in [-0.05, 0) is 42.3 Å². The number of morpholine rings is 1. The third-order valence-corrected chi connectivity index (χ3v) is 6.38. The Morgan fingerprint density at radius 1 is 1.16 bits per heavy atom. The number of anilines is 1. The van der Waals surface area contributed by atoms with E-state index in [1.54, 1.807) is 0 Å². The minimum absolute atomic E-state index is 0.235. The predicted molar refractivity (Wildman–Crippen MR) is 118 cm³/mol. The molecule has 1 N–H and O–H groups in total. The van der Waals surface area contributed by atoms with E-state index in [4.69, 9.17) is 4.74 Å². The molecular formula is C22H28FN3O4S. The number of carbonyl (C=O) groups excluding carboxylic acids is 1. The highest BCUT2D eigenvalue weighted by Crippen LogP contribution is 2.21. The van der Waals surface area contributed by atoms with Crippen molar-refractivity contribution in [3.05, 3.63) is 65.5 Å². The molecule has 1 unspecified atom stereocenters. The fourth-order valence-electron chi connectivity index (χ4n) is 3.59. The molecule has 9 heteroatoms. The maximum Gasteiger partial charge on any atom is 0.243 e. The van der Waals surface area contributed by atoms with Gasteiger partial charge in [0.1, 0.15) is 11.9 Å². The van der Waals surface area contributed by atoms with Crippen LogP contribution < -0.4 is 9.62 Å². The maximum atomic E-state index is 13.2. The second-order valence-corrected chi connectivity index (χ2v) is 9.50. The van der Waals surface area contributed by atoms with Crippen LogP contribution in [0.15, 0.2) is 48.5 Å². The molecule has 3 rings (SSSR count). The number of amides is 1. The first kappa shape index (κ1) is 23.2. The Morgan fingerprint density at radius 3 is 2.45 bits per heavy atom. The molecule has 168 valence electrons. The number of nitrogens with one attached hydrogen (secondary N) is 1. The quantitative estimate of drug-likeness (QED) is 0.668. The Morgan fingerprint density at radius 2 is 1.81 bits per heavy atom. The van der Waals surface area contributed by atoms with Crippen molar-refractivity contribution in [2.24, 2.45) is 0 Å². The molecule has 1 atom stereocenters. The fraction of sp³-hybridized carbons (Fsp3) is 0.409. The Labute approximate surface area is 182 Å². The van der Waals surface area contributed by atoms with Gasteiger partial charge in [-0.3, -0.25) is 14.0 Å². The second-order valence-electron chi connectivity index (χ2n) is 7.64. The van der Waals surface area contributed by atoms with Gasteiger partial charge in [0, 0.05) is 26.2 Å². The smallest absolute Gasteiger partial charge is 0.243 e. The highest BCUT2D eigenvalue weighted by molar-refractivity contribution is 7.92. The number of benzene rings is 2. The summed E-state index contributed by atoms with van der Waals surface area (Å²) in [6.07, 6.45) is 1.02. The Bertz CT molecular complexity index is 992. The van der Waals surface area contributed by atoms with E-state index in [9.17, 15) is 17.6 Å². The molecule has 2 aromatic carbocycles. The maximum absolute atomic E-state index is 13.2. The van der Waals surface area contributed by atoms with Gasteiger partial charge in [-0.2, -0.15) is 0 Å². The van der Waals surface area contributed by atoms with E-state index in [0.29, 0.717) is 0 Å². The third-order valence-electron chi connectivity index (χ3n) is 5.14. The van der Waals surface area contributed by atoms with Crippen LogP contribution in [-0.4, -0.2) is 57.8 Å². The Balaban J connectivity index is 1.64. The lowest BCUT2D eigenvalue weighted by molar-refractivity contribution is -0.122. The number of nitrogens with zero attached hydrogens (tertiary/aromatic N) is 2. The monoisotopic (exact) mass is 449 g/mol. The molecule has 0 spiro atoms. The number of hydrogen-bond acceptors (Lipinski definition) is 5. The molecule has 0 radical (unpaired) electrons. The molecule has 1 saturated heterocycles. The van der Waals surface area contributed by atoms with Crippen LogP contribution in [0.2, 0.25) is 0 Å². The first-order valence-corrected chi connectivity index (χ1v) is 12.0. The van der Waals surface area contributed by atoms with Crippen LogP contribution in [0.1, 0.15) is 18.1 Å². The van der Waals surface area contributed by atoms with E-state index in [1.165, 1.54) is 19.1 Å². The first-order valence-electron chi connectivity index (χ1n) is 10.1. The zero-order chi connectivity index (χ0) is 22.4. The number of halogens is 1. The van der Waals surface area contributed by atoms with E-state index < -0.39 is 27.8 Å². The van der Waals surface area contributed by atoms with Crippen molar-refractivity contribution >= 4 is 21.6 Å². The topological polar surface area (TPSA) is 79.0 Å². The van der Waals surface area contributed by atoms with Gasteiger partial charge in [-0.1, -0.05) is 24.3 Å². The lowest BCUT2D eigenvalue weighted by Gasteiger charge is -2.28. The van der Waals surface area contributed by atoms with Crippen LogP contribution in [0.25, 0.3) is 0 Å². The van der Waals surface area contributed by atoms with Gasteiger partial charge in [0.15, 0.2) is 0 Å². The SMILES string of the molecule is CC(C(=O)NCc1cccc(CN2CCOCC2)c1)N(c1ccc(F)cc1)S(C)(=O)=O. The summed E-state index contributed by atoms with van der Waals surface area (Å²) >= 11 is 0. The van der Waals surface area contributed by atoms with Gasteiger partial charge in [0.05, 0.1) is 25.2 Å². The molecule has 1 aliphatic heterocycles. The number of sulfonamides is 1.